The molecule has 3 heteroatoms. The van der Waals surface area contributed by atoms with Gasteiger partial charge in [-0.3, -0.25) is 0 Å². The largest absolute Gasteiger partial charge is 0.360 e. The monoisotopic (exact) mass is 177 g/mol. The number of hydrogen-bond acceptors (Lipinski definition) is 2. The van der Waals surface area contributed by atoms with Crippen molar-refractivity contribution in [2.75, 3.05) is 0 Å². The molecule has 1 saturated carbocycles. The van der Waals surface area contributed by atoms with E-state index in [0.717, 1.165) is 19.0 Å². The molecule has 0 aromatic carbocycles. The molecule has 13 heavy (non-hydrogen) atoms. The number of nitrogens with two attached hydrogens (primary N) is 1. The van der Waals surface area contributed by atoms with E-state index in [4.69, 9.17) is 5.73 Å². The minimum Gasteiger partial charge on any atom is -0.360 e. The maximum Gasteiger partial charge on any atom is 0.0363 e. The van der Waals surface area contributed by atoms with Gasteiger partial charge in [-0.1, -0.05) is 0 Å². The second kappa shape index (κ2) is 2.59. The van der Waals surface area contributed by atoms with Crippen molar-refractivity contribution in [2.45, 2.75) is 38.4 Å². The molecule has 1 aromatic heterocycles. The van der Waals surface area contributed by atoms with Crippen molar-refractivity contribution in [2.24, 2.45) is 5.73 Å². The summed E-state index contributed by atoms with van der Waals surface area (Å²) in [6.07, 6.45) is 2.69. The highest BCUT2D eigenvalue weighted by atomic mass is 15.0. The molecule has 0 unspecified atom stereocenters. The number of hydrogen-bond donors (Lipinski definition) is 3. The molecule has 1 aliphatic heterocycles. The molecule has 0 spiro atoms. The first-order chi connectivity index (χ1) is 6.40. The van der Waals surface area contributed by atoms with Crippen LogP contribution >= 0.6 is 0 Å². The average molecular weight is 177 g/mol. The number of H-pyrrole nitrogens is 1. The second-order valence-corrected chi connectivity index (χ2v) is 4.06. The molecular formula is C10H15N3. The Bertz CT molecular complexity index is 336. The number of nitrogens with one attached hydrogen (secondary N) is 2. The first-order valence-electron chi connectivity index (χ1n) is 5.03. The quantitative estimate of drug-likeness (QED) is 0.630. The molecule has 3 rings (SSSR count). The van der Waals surface area contributed by atoms with Gasteiger partial charge in [0, 0.05) is 31.0 Å². The normalized spacial score (nSPS) is 20.7. The summed E-state index contributed by atoms with van der Waals surface area (Å²) in [7, 11) is 0. The summed E-state index contributed by atoms with van der Waals surface area (Å²) in [5.41, 5.74) is 11.4. The van der Waals surface area contributed by atoms with Gasteiger partial charge in [0.25, 0.3) is 0 Å². The molecule has 1 aromatic rings. The summed E-state index contributed by atoms with van der Waals surface area (Å²) < 4.78 is 0. The number of aromatic amines is 1. The van der Waals surface area contributed by atoms with E-state index < -0.39 is 0 Å². The maximum atomic E-state index is 5.79. The first kappa shape index (κ1) is 7.59. The van der Waals surface area contributed by atoms with Gasteiger partial charge in [-0.25, -0.2) is 0 Å². The summed E-state index contributed by atoms with van der Waals surface area (Å²) >= 11 is 0. The molecule has 0 radical (unpaired) electrons. The minimum atomic E-state index is 0.694. The van der Waals surface area contributed by atoms with E-state index in [1.54, 1.807) is 0 Å². The van der Waals surface area contributed by atoms with Gasteiger partial charge in [-0.15, -0.1) is 0 Å². The van der Waals surface area contributed by atoms with Crippen molar-refractivity contribution in [3.8, 4) is 0 Å². The van der Waals surface area contributed by atoms with Gasteiger partial charge < -0.3 is 16.0 Å². The molecular weight excluding hydrogens is 162 g/mol. The highest BCUT2D eigenvalue weighted by Crippen LogP contribution is 2.42. The van der Waals surface area contributed by atoms with E-state index in [0.29, 0.717) is 6.54 Å². The van der Waals surface area contributed by atoms with E-state index in [9.17, 15) is 0 Å². The van der Waals surface area contributed by atoms with E-state index >= 15 is 0 Å². The first-order valence-corrected chi connectivity index (χ1v) is 5.03. The average Bonchev–Trinajstić information content (AvgIpc) is 2.76. The Morgan fingerprint density at radius 2 is 2.15 bits per heavy atom. The van der Waals surface area contributed by atoms with Crippen LogP contribution in [-0.2, 0) is 19.6 Å². The van der Waals surface area contributed by atoms with Crippen LogP contribution in [0.1, 0.15) is 41.3 Å². The zero-order chi connectivity index (χ0) is 8.84. The highest BCUT2D eigenvalue weighted by molar-refractivity contribution is 5.42. The summed E-state index contributed by atoms with van der Waals surface area (Å²) in [5, 5.41) is 3.34. The Balaban J connectivity index is 2.09. The van der Waals surface area contributed by atoms with Crippen LogP contribution in [0.15, 0.2) is 0 Å². The molecule has 0 atom stereocenters. The van der Waals surface area contributed by atoms with Gasteiger partial charge in [0.1, 0.15) is 0 Å². The van der Waals surface area contributed by atoms with Crippen molar-refractivity contribution in [1.29, 1.82) is 0 Å². The van der Waals surface area contributed by atoms with Crippen molar-refractivity contribution in [3.63, 3.8) is 0 Å². The Morgan fingerprint density at radius 3 is 2.85 bits per heavy atom. The van der Waals surface area contributed by atoms with Crippen LogP contribution in [-0.4, -0.2) is 4.98 Å². The van der Waals surface area contributed by atoms with Crippen LogP contribution in [0.4, 0.5) is 0 Å². The van der Waals surface area contributed by atoms with Crippen molar-refractivity contribution < 1.29 is 0 Å². The third kappa shape index (κ3) is 1.04. The van der Waals surface area contributed by atoms with Crippen LogP contribution in [0.5, 0.6) is 0 Å². The third-order valence-electron chi connectivity index (χ3n) is 3.13. The number of rotatable bonds is 2. The van der Waals surface area contributed by atoms with Crippen molar-refractivity contribution in [3.05, 3.63) is 22.5 Å². The predicted molar refractivity (Wildman–Crippen MR) is 51.2 cm³/mol. The molecule has 1 aliphatic carbocycles. The Morgan fingerprint density at radius 1 is 1.31 bits per heavy atom. The summed E-state index contributed by atoms with van der Waals surface area (Å²) in [5.74, 6) is 0.796. The van der Waals surface area contributed by atoms with Crippen LogP contribution < -0.4 is 11.1 Å². The van der Waals surface area contributed by atoms with E-state index in [-0.39, 0.29) is 0 Å². The Hall–Kier alpha value is -0.800. The zero-order valence-corrected chi connectivity index (χ0v) is 7.69. The number of fused-ring (bicyclic) bond motifs is 1. The fourth-order valence-electron chi connectivity index (χ4n) is 2.29. The molecule has 0 amide bonds. The SMILES string of the molecule is NCc1c(C2CC2)[nH]c2c1CNC2. The van der Waals surface area contributed by atoms with E-state index in [1.165, 1.54) is 35.4 Å². The van der Waals surface area contributed by atoms with Gasteiger partial charge >= 0.3 is 0 Å². The van der Waals surface area contributed by atoms with Crippen LogP contribution in [0.2, 0.25) is 0 Å². The highest BCUT2D eigenvalue weighted by Gasteiger charge is 2.30. The maximum absolute atomic E-state index is 5.79. The Kier molecular flexibility index (Phi) is 1.51. The van der Waals surface area contributed by atoms with E-state index in [2.05, 4.69) is 10.3 Å². The lowest BCUT2D eigenvalue weighted by Crippen LogP contribution is -2.07. The molecule has 4 N–H and O–H groups in total. The zero-order valence-electron chi connectivity index (χ0n) is 7.69. The molecule has 0 bridgehead atoms. The van der Waals surface area contributed by atoms with Gasteiger partial charge in [-0.05, 0) is 29.9 Å². The number of aromatic nitrogens is 1. The van der Waals surface area contributed by atoms with Crippen LogP contribution in [0.3, 0.4) is 0 Å². The molecule has 0 saturated heterocycles. The second-order valence-electron chi connectivity index (χ2n) is 4.06. The Labute approximate surface area is 77.7 Å². The van der Waals surface area contributed by atoms with Crippen molar-refractivity contribution >= 4 is 0 Å². The standard InChI is InChI=1S/C10H15N3/c11-3-7-8-4-12-5-9(8)13-10(7)6-1-2-6/h6,12-13H,1-5,11H2. The van der Waals surface area contributed by atoms with Gasteiger partial charge in [-0.2, -0.15) is 0 Å². The fraction of sp³-hybridized carbons (Fsp3) is 0.600. The van der Waals surface area contributed by atoms with Gasteiger partial charge in [0.2, 0.25) is 0 Å². The fourth-order valence-corrected chi connectivity index (χ4v) is 2.29. The summed E-state index contributed by atoms with van der Waals surface area (Å²) in [6.45, 7) is 2.69. The predicted octanol–water partition coefficient (Wildman–Crippen LogP) is 0.954. The van der Waals surface area contributed by atoms with Crippen molar-refractivity contribution in [1.82, 2.24) is 10.3 Å². The molecule has 2 heterocycles. The lowest BCUT2D eigenvalue weighted by molar-refractivity contribution is 0.742. The van der Waals surface area contributed by atoms with Gasteiger partial charge in [0.15, 0.2) is 0 Å². The molecule has 3 nitrogen and oxygen atoms in total. The summed E-state index contributed by atoms with van der Waals surface area (Å²) in [4.78, 5) is 3.53. The lowest BCUT2D eigenvalue weighted by Gasteiger charge is -2.01. The molecule has 70 valence electrons. The van der Waals surface area contributed by atoms with Crippen LogP contribution in [0.25, 0.3) is 0 Å². The minimum absolute atomic E-state index is 0.694. The van der Waals surface area contributed by atoms with E-state index in [1.807, 2.05) is 0 Å². The summed E-state index contributed by atoms with van der Waals surface area (Å²) in [6, 6.07) is 0. The third-order valence-corrected chi connectivity index (χ3v) is 3.13. The smallest absolute Gasteiger partial charge is 0.0363 e. The molecule has 1 fully saturated rings. The topological polar surface area (TPSA) is 53.8 Å². The van der Waals surface area contributed by atoms with Crippen LogP contribution in [0, 0.1) is 0 Å². The van der Waals surface area contributed by atoms with Gasteiger partial charge in [0.05, 0.1) is 0 Å². The molecule has 2 aliphatic rings. The lowest BCUT2D eigenvalue weighted by atomic mass is 10.1.